The molecule has 6 nitrogen and oxygen atoms in total. The maximum absolute atomic E-state index is 13.0. The summed E-state index contributed by atoms with van der Waals surface area (Å²) in [6, 6.07) is 12.5. The smallest absolute Gasteiger partial charge is 0.255 e. The summed E-state index contributed by atoms with van der Waals surface area (Å²) in [6.07, 6.45) is 4.58. The van der Waals surface area contributed by atoms with E-state index in [1.807, 2.05) is 33.7 Å². The first-order valence-corrected chi connectivity index (χ1v) is 9.16. The van der Waals surface area contributed by atoms with Crippen LogP contribution in [-0.4, -0.2) is 62.5 Å². The number of fused-ring (bicyclic) bond motifs is 3. The standard InChI is InChI=1S/C20H21N5O/c26-20(25-9-8-23-7-6-17(25)13-23)16-10-18-19(21-11-16)24(14-22-18)12-15-4-2-1-3-5-15/h1-5,10-11,14,17H,6-9,12-13H2. The fourth-order valence-electron chi connectivity index (χ4n) is 4.10. The first-order chi connectivity index (χ1) is 12.8. The van der Waals surface area contributed by atoms with Gasteiger partial charge >= 0.3 is 0 Å². The number of amides is 1. The third-order valence-electron chi connectivity index (χ3n) is 5.50. The SMILES string of the molecule is O=C(c1cnc2c(c1)ncn2Cc1ccccc1)N1CCN2CCC1C2. The van der Waals surface area contributed by atoms with Crippen LogP contribution in [-0.2, 0) is 6.54 Å². The van der Waals surface area contributed by atoms with Gasteiger partial charge in [0, 0.05) is 38.4 Å². The molecule has 5 rings (SSSR count). The molecule has 1 amide bonds. The third kappa shape index (κ3) is 2.66. The second-order valence-electron chi connectivity index (χ2n) is 7.17. The zero-order chi connectivity index (χ0) is 17.5. The Morgan fingerprint density at radius 2 is 2.00 bits per heavy atom. The Labute approximate surface area is 152 Å². The van der Waals surface area contributed by atoms with Crippen molar-refractivity contribution < 1.29 is 4.79 Å². The molecule has 0 radical (unpaired) electrons. The van der Waals surface area contributed by atoms with Crippen molar-refractivity contribution in [2.24, 2.45) is 0 Å². The van der Waals surface area contributed by atoms with Crippen LogP contribution in [0.5, 0.6) is 0 Å². The van der Waals surface area contributed by atoms with Crippen LogP contribution in [0.3, 0.4) is 0 Å². The largest absolute Gasteiger partial charge is 0.333 e. The van der Waals surface area contributed by atoms with E-state index in [4.69, 9.17) is 0 Å². The van der Waals surface area contributed by atoms with Gasteiger partial charge in [0.25, 0.3) is 5.91 Å². The number of piperazine rings is 1. The average Bonchev–Trinajstić information content (AvgIpc) is 3.26. The molecule has 3 aromatic rings. The number of hydrogen-bond donors (Lipinski definition) is 0. The molecule has 1 aromatic carbocycles. The van der Waals surface area contributed by atoms with Gasteiger partial charge in [0.1, 0.15) is 5.52 Å². The van der Waals surface area contributed by atoms with Crippen LogP contribution < -0.4 is 0 Å². The number of rotatable bonds is 3. The lowest BCUT2D eigenvalue weighted by Gasteiger charge is -2.34. The van der Waals surface area contributed by atoms with Crippen LogP contribution in [0.2, 0.25) is 0 Å². The number of nitrogens with zero attached hydrogens (tertiary/aromatic N) is 5. The summed E-state index contributed by atoms with van der Waals surface area (Å²) in [6.45, 7) is 4.62. The van der Waals surface area contributed by atoms with Gasteiger partial charge in [-0.15, -0.1) is 0 Å². The number of hydrogen-bond acceptors (Lipinski definition) is 4. The monoisotopic (exact) mass is 347 g/mol. The van der Waals surface area contributed by atoms with Gasteiger partial charge in [-0.25, -0.2) is 9.97 Å². The minimum atomic E-state index is 0.0866. The highest BCUT2D eigenvalue weighted by atomic mass is 16.2. The molecule has 132 valence electrons. The molecule has 2 aliphatic heterocycles. The molecule has 2 atom stereocenters. The van der Waals surface area contributed by atoms with Crippen LogP contribution >= 0.6 is 0 Å². The molecule has 0 saturated carbocycles. The number of aromatic nitrogens is 3. The van der Waals surface area contributed by atoms with Gasteiger partial charge in [-0.1, -0.05) is 30.3 Å². The molecular weight excluding hydrogens is 326 g/mol. The zero-order valence-corrected chi connectivity index (χ0v) is 14.6. The molecule has 0 aliphatic carbocycles. The lowest BCUT2D eigenvalue weighted by atomic mass is 10.1. The summed E-state index contributed by atoms with van der Waals surface area (Å²) < 4.78 is 2.02. The summed E-state index contributed by atoms with van der Waals surface area (Å²) in [5.41, 5.74) is 3.43. The van der Waals surface area contributed by atoms with Crippen molar-refractivity contribution in [3.8, 4) is 0 Å². The summed E-state index contributed by atoms with van der Waals surface area (Å²) in [7, 11) is 0. The van der Waals surface area contributed by atoms with Crippen LogP contribution in [0.1, 0.15) is 22.3 Å². The van der Waals surface area contributed by atoms with Gasteiger partial charge in [-0.3, -0.25) is 9.69 Å². The first kappa shape index (κ1) is 15.5. The maximum Gasteiger partial charge on any atom is 0.255 e. The van der Waals surface area contributed by atoms with E-state index < -0.39 is 0 Å². The second-order valence-corrected chi connectivity index (χ2v) is 7.17. The molecule has 2 unspecified atom stereocenters. The van der Waals surface area contributed by atoms with Crippen LogP contribution in [0.4, 0.5) is 0 Å². The van der Waals surface area contributed by atoms with Crippen LogP contribution in [0, 0.1) is 0 Å². The van der Waals surface area contributed by atoms with E-state index in [9.17, 15) is 4.79 Å². The number of benzene rings is 1. The zero-order valence-electron chi connectivity index (χ0n) is 14.6. The van der Waals surface area contributed by atoms with Crippen molar-refractivity contribution in [2.45, 2.75) is 19.0 Å². The van der Waals surface area contributed by atoms with Gasteiger partial charge in [0.15, 0.2) is 5.65 Å². The number of pyridine rings is 1. The predicted octanol–water partition coefficient (Wildman–Crippen LogP) is 2.01. The van der Waals surface area contributed by atoms with Gasteiger partial charge in [-0.05, 0) is 18.1 Å². The topological polar surface area (TPSA) is 54.3 Å². The van der Waals surface area contributed by atoms with Crippen molar-refractivity contribution >= 4 is 17.1 Å². The number of carbonyl (C=O) groups excluding carboxylic acids is 1. The summed E-state index contributed by atoms with van der Waals surface area (Å²) in [5.74, 6) is 0.0866. The normalized spacial score (nSPS) is 22.1. The van der Waals surface area contributed by atoms with E-state index in [1.165, 1.54) is 5.56 Å². The fourth-order valence-corrected chi connectivity index (χ4v) is 4.10. The Morgan fingerprint density at radius 3 is 2.88 bits per heavy atom. The highest BCUT2D eigenvalue weighted by Gasteiger charge is 2.35. The lowest BCUT2D eigenvalue weighted by Crippen LogP contribution is -2.49. The molecule has 26 heavy (non-hydrogen) atoms. The molecule has 2 fully saturated rings. The van der Waals surface area contributed by atoms with Crippen molar-refractivity contribution in [1.82, 2.24) is 24.3 Å². The van der Waals surface area contributed by atoms with Crippen LogP contribution in [0.25, 0.3) is 11.2 Å². The average molecular weight is 347 g/mol. The van der Waals surface area contributed by atoms with E-state index in [2.05, 4.69) is 27.0 Å². The number of imidazole rings is 1. The predicted molar refractivity (Wildman–Crippen MR) is 99.0 cm³/mol. The van der Waals surface area contributed by atoms with Crippen molar-refractivity contribution in [3.05, 3.63) is 60.0 Å². The molecule has 4 heterocycles. The van der Waals surface area contributed by atoms with Gasteiger partial charge in [0.2, 0.25) is 0 Å². The molecule has 6 heteroatoms. The van der Waals surface area contributed by atoms with E-state index in [-0.39, 0.29) is 5.91 Å². The lowest BCUT2D eigenvalue weighted by molar-refractivity contribution is 0.0609. The minimum absolute atomic E-state index is 0.0866. The Bertz CT molecular complexity index is 951. The fraction of sp³-hybridized carbons (Fsp3) is 0.350. The Balaban J connectivity index is 1.41. The minimum Gasteiger partial charge on any atom is -0.333 e. The summed E-state index contributed by atoms with van der Waals surface area (Å²) >= 11 is 0. The Hall–Kier alpha value is -2.73. The van der Waals surface area contributed by atoms with Crippen molar-refractivity contribution in [2.75, 3.05) is 26.2 Å². The molecule has 0 N–H and O–H groups in total. The Morgan fingerprint density at radius 1 is 1.12 bits per heavy atom. The molecule has 2 aliphatic rings. The quantitative estimate of drug-likeness (QED) is 0.727. The van der Waals surface area contributed by atoms with Gasteiger partial charge in [-0.2, -0.15) is 0 Å². The highest BCUT2D eigenvalue weighted by Crippen LogP contribution is 2.23. The maximum atomic E-state index is 13.0. The van der Waals surface area contributed by atoms with Crippen molar-refractivity contribution in [3.63, 3.8) is 0 Å². The van der Waals surface area contributed by atoms with E-state index >= 15 is 0 Å². The van der Waals surface area contributed by atoms with E-state index in [0.29, 0.717) is 11.6 Å². The highest BCUT2D eigenvalue weighted by molar-refractivity contribution is 5.96. The molecule has 2 aromatic heterocycles. The van der Waals surface area contributed by atoms with Crippen LogP contribution in [0.15, 0.2) is 48.9 Å². The third-order valence-corrected chi connectivity index (χ3v) is 5.50. The molecule has 2 saturated heterocycles. The summed E-state index contributed by atoms with van der Waals surface area (Å²) in [5, 5.41) is 0. The van der Waals surface area contributed by atoms with Crippen molar-refractivity contribution in [1.29, 1.82) is 0 Å². The number of carbonyl (C=O) groups is 1. The second kappa shape index (κ2) is 6.21. The molecule has 2 bridgehead atoms. The van der Waals surface area contributed by atoms with Gasteiger partial charge in [0.05, 0.1) is 18.4 Å². The molecular formula is C20H21N5O. The molecule has 0 spiro atoms. The van der Waals surface area contributed by atoms with E-state index in [1.54, 1.807) is 12.5 Å². The summed E-state index contributed by atoms with van der Waals surface area (Å²) in [4.78, 5) is 26.4. The van der Waals surface area contributed by atoms with E-state index in [0.717, 1.165) is 50.3 Å². The Kier molecular flexibility index (Phi) is 3.71. The van der Waals surface area contributed by atoms with Gasteiger partial charge < -0.3 is 9.47 Å². The first-order valence-electron chi connectivity index (χ1n) is 9.16.